The molecule has 0 saturated carbocycles. The van der Waals surface area contributed by atoms with E-state index in [0.717, 1.165) is 0 Å². The van der Waals surface area contributed by atoms with Gasteiger partial charge in [0.1, 0.15) is 10.4 Å². The van der Waals surface area contributed by atoms with E-state index >= 15 is 0 Å². The van der Waals surface area contributed by atoms with Gasteiger partial charge in [0.2, 0.25) is 0 Å². The van der Waals surface area contributed by atoms with E-state index in [4.69, 9.17) is 5.26 Å². The standard InChI is InChI=1S/C10H12F3N3S/c1-9(2,5-14)8-16-7(4-17-8)3-15-6-10(11,12)13/h4,15H,3,6H2,1-2H3. The molecule has 3 nitrogen and oxygen atoms in total. The molecule has 1 heterocycles. The lowest BCUT2D eigenvalue weighted by atomic mass is 9.97. The van der Waals surface area contributed by atoms with Gasteiger partial charge in [0.15, 0.2) is 0 Å². The van der Waals surface area contributed by atoms with Crippen LogP contribution in [0.1, 0.15) is 24.5 Å². The smallest absolute Gasteiger partial charge is 0.303 e. The first-order valence-electron chi connectivity index (χ1n) is 4.88. The predicted octanol–water partition coefficient (Wildman–Crippen LogP) is 2.60. The Labute approximate surface area is 101 Å². The molecule has 0 atom stereocenters. The Hall–Kier alpha value is -1.13. The van der Waals surface area contributed by atoms with Crippen LogP contribution in [0.3, 0.4) is 0 Å². The summed E-state index contributed by atoms with van der Waals surface area (Å²) in [6.07, 6.45) is -4.22. The second-order valence-electron chi connectivity index (χ2n) is 4.10. The fourth-order valence-corrected chi connectivity index (χ4v) is 1.95. The molecular weight excluding hydrogens is 251 g/mol. The molecule has 0 aliphatic rings. The van der Waals surface area contributed by atoms with Crippen LogP contribution in [0.25, 0.3) is 0 Å². The van der Waals surface area contributed by atoms with Crippen molar-refractivity contribution in [2.24, 2.45) is 0 Å². The fraction of sp³-hybridized carbons (Fsp3) is 0.600. The van der Waals surface area contributed by atoms with E-state index in [0.29, 0.717) is 10.7 Å². The van der Waals surface area contributed by atoms with Crippen LogP contribution in [0.2, 0.25) is 0 Å². The summed E-state index contributed by atoms with van der Waals surface area (Å²) in [4.78, 5) is 4.14. The minimum absolute atomic E-state index is 0.0531. The van der Waals surface area contributed by atoms with E-state index in [1.807, 2.05) is 0 Å². The minimum atomic E-state index is -4.22. The van der Waals surface area contributed by atoms with Crippen molar-refractivity contribution in [3.63, 3.8) is 0 Å². The van der Waals surface area contributed by atoms with Gasteiger partial charge >= 0.3 is 6.18 Å². The van der Waals surface area contributed by atoms with Gasteiger partial charge in [-0.2, -0.15) is 18.4 Å². The predicted molar refractivity (Wildman–Crippen MR) is 58.5 cm³/mol. The summed E-state index contributed by atoms with van der Waals surface area (Å²) in [5.74, 6) is 0. The summed E-state index contributed by atoms with van der Waals surface area (Å²) in [6.45, 7) is 2.45. The zero-order valence-electron chi connectivity index (χ0n) is 9.43. The number of halogens is 3. The first kappa shape index (κ1) is 13.9. The second kappa shape index (κ2) is 5.02. The van der Waals surface area contributed by atoms with Crippen LogP contribution in [-0.4, -0.2) is 17.7 Å². The van der Waals surface area contributed by atoms with E-state index in [1.54, 1.807) is 19.2 Å². The second-order valence-corrected chi connectivity index (χ2v) is 4.96. The molecule has 0 fully saturated rings. The summed E-state index contributed by atoms with van der Waals surface area (Å²) < 4.78 is 35.7. The van der Waals surface area contributed by atoms with Gasteiger partial charge in [-0.3, -0.25) is 0 Å². The van der Waals surface area contributed by atoms with Crippen molar-refractivity contribution in [1.82, 2.24) is 10.3 Å². The van der Waals surface area contributed by atoms with Gasteiger partial charge < -0.3 is 5.32 Å². The number of hydrogen-bond donors (Lipinski definition) is 1. The van der Waals surface area contributed by atoms with Crippen LogP contribution in [0.5, 0.6) is 0 Å². The Morgan fingerprint density at radius 2 is 2.12 bits per heavy atom. The van der Waals surface area contributed by atoms with Crippen molar-refractivity contribution in [2.75, 3.05) is 6.54 Å². The number of alkyl halides is 3. The Balaban J connectivity index is 2.56. The molecule has 0 aromatic carbocycles. The molecule has 0 bridgehead atoms. The maximum absolute atomic E-state index is 11.9. The van der Waals surface area contributed by atoms with E-state index in [1.165, 1.54) is 11.3 Å². The Bertz CT molecular complexity index is 417. The molecule has 0 unspecified atom stereocenters. The molecule has 94 valence electrons. The van der Waals surface area contributed by atoms with Crippen LogP contribution in [0, 0.1) is 11.3 Å². The van der Waals surface area contributed by atoms with Gasteiger partial charge in [-0.15, -0.1) is 11.3 Å². The largest absolute Gasteiger partial charge is 0.401 e. The highest BCUT2D eigenvalue weighted by Crippen LogP contribution is 2.25. The van der Waals surface area contributed by atoms with Crippen molar-refractivity contribution < 1.29 is 13.2 Å². The molecule has 1 N–H and O–H groups in total. The van der Waals surface area contributed by atoms with Gasteiger partial charge in [-0.25, -0.2) is 4.98 Å². The van der Waals surface area contributed by atoms with E-state index < -0.39 is 18.1 Å². The molecule has 17 heavy (non-hydrogen) atoms. The van der Waals surface area contributed by atoms with Crippen LogP contribution in [0.4, 0.5) is 13.2 Å². The Kier molecular flexibility index (Phi) is 4.11. The van der Waals surface area contributed by atoms with Gasteiger partial charge in [-0.1, -0.05) is 0 Å². The summed E-state index contributed by atoms with van der Waals surface area (Å²) in [5.41, 5.74) is -0.176. The normalized spacial score (nSPS) is 12.5. The number of nitriles is 1. The van der Waals surface area contributed by atoms with Gasteiger partial charge in [0, 0.05) is 11.9 Å². The molecule has 0 amide bonds. The van der Waals surface area contributed by atoms with E-state index in [9.17, 15) is 13.2 Å². The van der Waals surface area contributed by atoms with Crippen LogP contribution in [-0.2, 0) is 12.0 Å². The molecule has 1 rings (SSSR count). The van der Waals surface area contributed by atoms with Crippen molar-refractivity contribution in [3.05, 3.63) is 16.1 Å². The summed E-state index contributed by atoms with van der Waals surface area (Å²) in [6, 6.07) is 2.10. The lowest BCUT2D eigenvalue weighted by Gasteiger charge is -2.10. The number of nitrogens with zero attached hydrogens (tertiary/aromatic N) is 2. The highest BCUT2D eigenvalue weighted by Gasteiger charge is 2.27. The van der Waals surface area contributed by atoms with Crippen molar-refractivity contribution in [3.8, 4) is 6.07 Å². The van der Waals surface area contributed by atoms with Crippen LogP contribution in [0.15, 0.2) is 5.38 Å². The molecule has 0 aliphatic heterocycles. The van der Waals surface area contributed by atoms with Gasteiger partial charge in [-0.05, 0) is 13.8 Å². The van der Waals surface area contributed by atoms with Crippen molar-refractivity contribution >= 4 is 11.3 Å². The monoisotopic (exact) mass is 263 g/mol. The van der Waals surface area contributed by atoms with Gasteiger partial charge in [0.25, 0.3) is 0 Å². The summed E-state index contributed by atoms with van der Waals surface area (Å²) >= 11 is 1.28. The lowest BCUT2D eigenvalue weighted by molar-refractivity contribution is -0.125. The number of aromatic nitrogens is 1. The number of hydrogen-bond acceptors (Lipinski definition) is 4. The highest BCUT2D eigenvalue weighted by atomic mass is 32.1. The third-order valence-corrected chi connectivity index (χ3v) is 3.21. The van der Waals surface area contributed by atoms with Crippen molar-refractivity contribution in [2.45, 2.75) is 32.0 Å². The molecule has 1 aromatic rings. The first-order chi connectivity index (χ1) is 7.74. The van der Waals surface area contributed by atoms with Crippen LogP contribution < -0.4 is 5.32 Å². The number of nitrogens with one attached hydrogen (secondary N) is 1. The summed E-state index contributed by atoms with van der Waals surface area (Å²) in [5, 5.41) is 13.4. The molecule has 0 aliphatic carbocycles. The SMILES string of the molecule is CC(C)(C#N)c1nc(CNCC(F)(F)F)cs1. The minimum Gasteiger partial charge on any atom is -0.303 e. The third-order valence-electron chi connectivity index (χ3n) is 2.00. The topological polar surface area (TPSA) is 48.7 Å². The summed E-state index contributed by atoms with van der Waals surface area (Å²) in [7, 11) is 0. The maximum atomic E-state index is 11.9. The fourth-order valence-electron chi connectivity index (χ4n) is 1.06. The zero-order valence-corrected chi connectivity index (χ0v) is 10.2. The molecular formula is C10H12F3N3S. The van der Waals surface area contributed by atoms with Gasteiger partial charge in [0.05, 0.1) is 18.3 Å². The highest BCUT2D eigenvalue weighted by molar-refractivity contribution is 7.09. The number of rotatable bonds is 4. The Morgan fingerprint density at radius 1 is 1.47 bits per heavy atom. The quantitative estimate of drug-likeness (QED) is 0.908. The third kappa shape index (κ3) is 4.32. The number of thiazole rings is 1. The van der Waals surface area contributed by atoms with E-state index in [-0.39, 0.29) is 6.54 Å². The first-order valence-corrected chi connectivity index (χ1v) is 5.76. The van der Waals surface area contributed by atoms with E-state index in [2.05, 4.69) is 16.4 Å². The maximum Gasteiger partial charge on any atom is 0.401 e. The molecule has 0 radical (unpaired) electrons. The average Bonchev–Trinajstić information content (AvgIpc) is 2.65. The average molecular weight is 263 g/mol. The molecule has 0 saturated heterocycles. The molecule has 7 heteroatoms. The molecule has 0 spiro atoms. The lowest BCUT2D eigenvalue weighted by Crippen LogP contribution is -2.28. The molecule has 1 aromatic heterocycles. The van der Waals surface area contributed by atoms with Crippen molar-refractivity contribution in [1.29, 1.82) is 5.26 Å². The Morgan fingerprint density at radius 3 is 2.65 bits per heavy atom. The zero-order chi connectivity index (χ0) is 13.1. The van der Waals surface area contributed by atoms with Crippen LogP contribution >= 0.6 is 11.3 Å².